The maximum absolute atomic E-state index is 12.7. The molecule has 30 heavy (non-hydrogen) atoms. The Kier molecular flexibility index (Phi) is 6.97. The van der Waals surface area contributed by atoms with E-state index in [1.807, 2.05) is 0 Å². The zero-order chi connectivity index (χ0) is 21.9. The highest BCUT2D eigenvalue weighted by Gasteiger charge is 2.29. The van der Waals surface area contributed by atoms with Gasteiger partial charge < -0.3 is 10.6 Å². The number of piperidine rings is 1. The van der Waals surface area contributed by atoms with Gasteiger partial charge in [-0.05, 0) is 43.2 Å². The van der Waals surface area contributed by atoms with Gasteiger partial charge in [-0.25, -0.2) is 17.7 Å². The van der Waals surface area contributed by atoms with Gasteiger partial charge in [-0.3, -0.25) is 9.59 Å². The van der Waals surface area contributed by atoms with Crippen LogP contribution in [0.15, 0.2) is 36.5 Å². The molecule has 2 aromatic rings. The van der Waals surface area contributed by atoms with Crippen LogP contribution in [-0.2, 0) is 14.8 Å². The molecule has 1 fully saturated rings. The van der Waals surface area contributed by atoms with Gasteiger partial charge in [-0.1, -0.05) is 23.2 Å². The minimum Gasteiger partial charge on any atom is -0.325 e. The number of halogens is 2. The molecule has 8 nitrogen and oxygen atoms in total. The molecule has 1 aliphatic rings. The summed E-state index contributed by atoms with van der Waals surface area (Å²) in [5.74, 6) is -0.819. The molecule has 1 saturated heterocycles. The van der Waals surface area contributed by atoms with Gasteiger partial charge in [0.15, 0.2) is 0 Å². The van der Waals surface area contributed by atoms with Gasteiger partial charge >= 0.3 is 0 Å². The maximum atomic E-state index is 12.7. The highest BCUT2D eigenvalue weighted by atomic mass is 35.5. The predicted octanol–water partition coefficient (Wildman–Crippen LogP) is 3.25. The van der Waals surface area contributed by atoms with E-state index < -0.39 is 15.9 Å². The molecule has 0 bridgehead atoms. The minimum absolute atomic E-state index is 0.182. The van der Waals surface area contributed by atoms with Crippen molar-refractivity contribution in [3.05, 3.63) is 52.1 Å². The van der Waals surface area contributed by atoms with Crippen LogP contribution in [0.3, 0.4) is 0 Å². The van der Waals surface area contributed by atoms with Crippen molar-refractivity contribution in [1.82, 2.24) is 9.29 Å². The zero-order valence-electron chi connectivity index (χ0n) is 16.1. The van der Waals surface area contributed by atoms with Gasteiger partial charge in [0.05, 0.1) is 22.5 Å². The molecule has 0 aliphatic carbocycles. The monoisotopic (exact) mass is 470 g/mol. The van der Waals surface area contributed by atoms with Gasteiger partial charge in [-0.15, -0.1) is 0 Å². The number of hydrogen-bond donors (Lipinski definition) is 2. The summed E-state index contributed by atoms with van der Waals surface area (Å²) in [4.78, 5) is 29.4. The Morgan fingerprint density at radius 1 is 1.07 bits per heavy atom. The SMILES string of the molecule is CS(=O)(=O)N1CCC(C(=O)Nc2ccc(Cl)cc2C(=O)Nc2ccc(Cl)cn2)CC1. The quantitative estimate of drug-likeness (QED) is 0.696. The average Bonchev–Trinajstić information content (AvgIpc) is 2.70. The van der Waals surface area contributed by atoms with Crippen molar-refractivity contribution in [1.29, 1.82) is 0 Å². The first-order valence-corrected chi connectivity index (χ1v) is 11.7. The maximum Gasteiger partial charge on any atom is 0.258 e. The van der Waals surface area contributed by atoms with Crippen molar-refractivity contribution in [3.63, 3.8) is 0 Å². The van der Waals surface area contributed by atoms with Crippen LogP contribution >= 0.6 is 23.2 Å². The second kappa shape index (κ2) is 9.30. The van der Waals surface area contributed by atoms with Crippen LogP contribution in [0.25, 0.3) is 0 Å². The molecular formula is C19H20Cl2N4O4S. The van der Waals surface area contributed by atoms with Crippen LogP contribution < -0.4 is 10.6 Å². The fourth-order valence-corrected chi connectivity index (χ4v) is 4.29. The molecule has 160 valence electrons. The standard InChI is InChI=1S/C19H20Cl2N4O4S/c1-30(28,29)25-8-6-12(7-9-25)18(26)23-16-4-2-13(20)10-15(16)19(27)24-17-5-3-14(21)11-22-17/h2-5,10-12H,6-9H2,1H3,(H,23,26)(H,22,24,27). The number of nitrogens with zero attached hydrogens (tertiary/aromatic N) is 2. The van der Waals surface area contributed by atoms with Crippen molar-refractivity contribution in [2.45, 2.75) is 12.8 Å². The molecule has 1 aliphatic heterocycles. The summed E-state index contributed by atoms with van der Waals surface area (Å²) >= 11 is 11.8. The van der Waals surface area contributed by atoms with Crippen LogP contribution in [0, 0.1) is 5.92 Å². The first-order valence-electron chi connectivity index (χ1n) is 9.12. The number of amides is 2. The summed E-state index contributed by atoms with van der Waals surface area (Å²) in [6.07, 6.45) is 3.37. The average molecular weight is 471 g/mol. The topological polar surface area (TPSA) is 108 Å². The van der Waals surface area contributed by atoms with Gasteiger partial charge in [0.2, 0.25) is 15.9 Å². The van der Waals surface area contributed by atoms with Crippen molar-refractivity contribution in [3.8, 4) is 0 Å². The van der Waals surface area contributed by atoms with Gasteiger partial charge in [-0.2, -0.15) is 0 Å². The first-order chi connectivity index (χ1) is 14.1. The lowest BCUT2D eigenvalue weighted by Crippen LogP contribution is -2.41. The van der Waals surface area contributed by atoms with Crippen LogP contribution in [0.5, 0.6) is 0 Å². The number of nitrogens with one attached hydrogen (secondary N) is 2. The first kappa shape index (κ1) is 22.5. The molecule has 0 saturated carbocycles. The van der Waals surface area contributed by atoms with Crippen LogP contribution in [0.2, 0.25) is 10.0 Å². The third-order valence-electron chi connectivity index (χ3n) is 4.75. The Morgan fingerprint density at radius 3 is 2.33 bits per heavy atom. The summed E-state index contributed by atoms with van der Waals surface area (Å²) in [6.45, 7) is 0.570. The number of anilines is 2. The third kappa shape index (κ3) is 5.69. The molecule has 2 amide bonds. The van der Waals surface area contributed by atoms with Crippen LogP contribution in [-0.4, -0.2) is 48.9 Å². The third-order valence-corrected chi connectivity index (χ3v) is 6.51. The Bertz CT molecular complexity index is 1050. The second-order valence-electron chi connectivity index (χ2n) is 6.93. The molecule has 11 heteroatoms. The lowest BCUT2D eigenvalue weighted by atomic mass is 9.97. The van der Waals surface area contributed by atoms with Crippen molar-refractivity contribution < 1.29 is 18.0 Å². The lowest BCUT2D eigenvalue weighted by molar-refractivity contribution is -0.120. The van der Waals surface area contributed by atoms with Crippen LogP contribution in [0.4, 0.5) is 11.5 Å². The molecule has 1 aromatic carbocycles. The van der Waals surface area contributed by atoms with Gasteiger partial charge in [0, 0.05) is 30.2 Å². The van der Waals surface area contributed by atoms with E-state index in [1.165, 1.54) is 16.6 Å². The number of pyridine rings is 1. The Morgan fingerprint density at radius 2 is 1.73 bits per heavy atom. The summed E-state index contributed by atoms with van der Waals surface area (Å²) in [5, 5.41) is 6.18. The van der Waals surface area contributed by atoms with E-state index in [1.54, 1.807) is 24.3 Å². The number of aromatic nitrogens is 1. The fourth-order valence-electron chi connectivity index (χ4n) is 3.13. The van der Waals surface area contributed by atoms with E-state index in [-0.39, 0.29) is 30.5 Å². The predicted molar refractivity (Wildman–Crippen MR) is 116 cm³/mol. The largest absolute Gasteiger partial charge is 0.325 e. The molecule has 0 radical (unpaired) electrons. The molecule has 1 aromatic heterocycles. The number of sulfonamides is 1. The Labute approximate surface area is 184 Å². The summed E-state index contributed by atoms with van der Waals surface area (Å²) in [5.41, 5.74) is 0.488. The summed E-state index contributed by atoms with van der Waals surface area (Å²) < 4.78 is 24.6. The summed E-state index contributed by atoms with van der Waals surface area (Å²) in [7, 11) is -3.27. The Balaban J connectivity index is 1.71. The van der Waals surface area contributed by atoms with E-state index in [2.05, 4.69) is 15.6 Å². The normalized spacial score (nSPS) is 15.6. The molecule has 0 unspecified atom stereocenters. The number of carbonyl (C=O) groups excluding carboxylic acids is 2. The van der Waals surface area contributed by atoms with Gasteiger partial charge in [0.25, 0.3) is 5.91 Å². The Hall–Kier alpha value is -2.20. The van der Waals surface area contributed by atoms with Gasteiger partial charge in [0.1, 0.15) is 5.82 Å². The zero-order valence-corrected chi connectivity index (χ0v) is 18.4. The van der Waals surface area contributed by atoms with E-state index in [9.17, 15) is 18.0 Å². The van der Waals surface area contributed by atoms with Crippen molar-refractivity contribution in [2.75, 3.05) is 30.0 Å². The van der Waals surface area contributed by atoms with Crippen molar-refractivity contribution >= 4 is 56.5 Å². The second-order valence-corrected chi connectivity index (χ2v) is 9.79. The minimum atomic E-state index is -3.27. The molecular weight excluding hydrogens is 451 g/mol. The van der Waals surface area contributed by atoms with E-state index in [4.69, 9.17) is 23.2 Å². The van der Waals surface area contributed by atoms with E-state index in [0.717, 1.165) is 6.26 Å². The number of rotatable bonds is 5. The highest BCUT2D eigenvalue weighted by molar-refractivity contribution is 7.88. The molecule has 2 heterocycles. The lowest BCUT2D eigenvalue weighted by Gasteiger charge is -2.29. The van der Waals surface area contributed by atoms with Crippen molar-refractivity contribution in [2.24, 2.45) is 5.92 Å². The molecule has 3 rings (SSSR count). The number of carbonyl (C=O) groups is 2. The molecule has 0 spiro atoms. The van der Waals surface area contributed by atoms with E-state index in [0.29, 0.717) is 34.4 Å². The van der Waals surface area contributed by atoms with Crippen LogP contribution in [0.1, 0.15) is 23.2 Å². The van der Waals surface area contributed by atoms with E-state index >= 15 is 0 Å². The highest BCUT2D eigenvalue weighted by Crippen LogP contribution is 2.25. The molecule has 2 N–H and O–H groups in total. The number of benzene rings is 1. The number of hydrogen-bond acceptors (Lipinski definition) is 5. The smallest absolute Gasteiger partial charge is 0.258 e. The summed E-state index contributed by atoms with van der Waals surface area (Å²) in [6, 6.07) is 7.72. The molecule has 0 atom stereocenters. The fraction of sp³-hybridized carbons (Fsp3) is 0.316.